The Morgan fingerprint density at radius 3 is 2.85 bits per heavy atom. The molecule has 0 aliphatic heterocycles. The minimum Gasteiger partial charge on any atom is -0.481 e. The molecule has 0 spiro atoms. The fourth-order valence-electron chi connectivity index (χ4n) is 1.63. The monoisotopic (exact) mass is 290 g/mol. The average molecular weight is 291 g/mol. The Morgan fingerprint density at radius 2 is 2.15 bits per heavy atom. The van der Waals surface area contributed by atoms with E-state index in [-0.39, 0.29) is 5.91 Å². The van der Waals surface area contributed by atoms with Gasteiger partial charge >= 0.3 is 0 Å². The van der Waals surface area contributed by atoms with E-state index in [9.17, 15) is 4.79 Å². The summed E-state index contributed by atoms with van der Waals surface area (Å²) in [6, 6.07) is 10.6. The van der Waals surface area contributed by atoms with Gasteiger partial charge in [0.15, 0.2) is 6.10 Å². The highest BCUT2D eigenvalue weighted by Crippen LogP contribution is 2.19. The van der Waals surface area contributed by atoms with E-state index in [0.717, 1.165) is 5.56 Å². The molecule has 0 radical (unpaired) electrons. The minimum atomic E-state index is -0.644. The Labute approximate surface area is 122 Å². The average Bonchev–Trinajstić information content (AvgIpc) is 2.41. The molecule has 0 aliphatic carbocycles. The molecule has 2 rings (SSSR count). The van der Waals surface area contributed by atoms with E-state index in [1.165, 1.54) is 0 Å². The largest absolute Gasteiger partial charge is 0.481 e. The van der Waals surface area contributed by atoms with Crippen LogP contribution in [0.25, 0.3) is 0 Å². The van der Waals surface area contributed by atoms with Gasteiger partial charge in [0.1, 0.15) is 11.6 Å². The smallest absolute Gasteiger partial charge is 0.266 e. The number of amides is 1. The molecule has 1 aromatic heterocycles. The summed E-state index contributed by atoms with van der Waals surface area (Å²) in [5, 5.41) is 3.30. The van der Waals surface area contributed by atoms with Gasteiger partial charge in [0.25, 0.3) is 5.91 Å². The zero-order valence-corrected chi connectivity index (χ0v) is 12.0. The van der Waals surface area contributed by atoms with Gasteiger partial charge in [0.2, 0.25) is 0 Å². The molecule has 1 aromatic carbocycles. The van der Waals surface area contributed by atoms with E-state index in [4.69, 9.17) is 16.3 Å². The molecule has 0 bridgehead atoms. The zero-order valence-electron chi connectivity index (χ0n) is 11.3. The fourth-order valence-corrected chi connectivity index (χ4v) is 1.81. The summed E-state index contributed by atoms with van der Waals surface area (Å²) in [6.45, 7) is 3.56. The quantitative estimate of drug-likeness (QED) is 0.938. The van der Waals surface area contributed by atoms with E-state index in [1.807, 2.05) is 19.1 Å². The molecule has 1 heterocycles. The van der Waals surface area contributed by atoms with Crippen LogP contribution in [0.2, 0.25) is 5.02 Å². The number of aryl methyl sites for hydroxylation is 1. The minimum absolute atomic E-state index is 0.258. The summed E-state index contributed by atoms with van der Waals surface area (Å²) in [7, 11) is 0. The maximum Gasteiger partial charge on any atom is 0.266 e. The van der Waals surface area contributed by atoms with E-state index in [0.29, 0.717) is 16.6 Å². The van der Waals surface area contributed by atoms with E-state index < -0.39 is 6.10 Å². The second-order valence-corrected chi connectivity index (χ2v) is 4.81. The van der Waals surface area contributed by atoms with Crippen LogP contribution in [0.4, 0.5) is 5.82 Å². The lowest BCUT2D eigenvalue weighted by Crippen LogP contribution is -2.30. The summed E-state index contributed by atoms with van der Waals surface area (Å²) >= 11 is 5.87. The van der Waals surface area contributed by atoms with Crippen LogP contribution in [-0.2, 0) is 4.79 Å². The predicted molar refractivity (Wildman–Crippen MR) is 79.1 cm³/mol. The van der Waals surface area contributed by atoms with Crippen molar-refractivity contribution in [2.24, 2.45) is 0 Å². The maximum absolute atomic E-state index is 12.0. The van der Waals surface area contributed by atoms with Crippen LogP contribution in [0, 0.1) is 6.92 Å². The summed E-state index contributed by atoms with van der Waals surface area (Å²) in [6.07, 6.45) is 0.986. The van der Waals surface area contributed by atoms with Crippen LogP contribution < -0.4 is 10.1 Å². The van der Waals surface area contributed by atoms with Crippen LogP contribution in [0.3, 0.4) is 0 Å². The number of benzene rings is 1. The summed E-state index contributed by atoms with van der Waals surface area (Å²) < 4.78 is 5.54. The first-order valence-electron chi connectivity index (χ1n) is 6.21. The number of nitrogens with zero attached hydrogens (tertiary/aromatic N) is 1. The number of ether oxygens (including phenoxy) is 1. The molecule has 20 heavy (non-hydrogen) atoms. The summed E-state index contributed by atoms with van der Waals surface area (Å²) in [4.78, 5) is 16.2. The summed E-state index contributed by atoms with van der Waals surface area (Å²) in [5.41, 5.74) is 0.899. The predicted octanol–water partition coefficient (Wildman–Crippen LogP) is 3.45. The number of hydrogen-bond donors (Lipinski definition) is 1. The molecule has 1 amide bonds. The van der Waals surface area contributed by atoms with Gasteiger partial charge < -0.3 is 10.1 Å². The van der Waals surface area contributed by atoms with Crippen molar-refractivity contribution >= 4 is 23.3 Å². The Kier molecular flexibility index (Phi) is 4.58. The fraction of sp³-hybridized carbons (Fsp3) is 0.200. The van der Waals surface area contributed by atoms with Crippen LogP contribution in [0.5, 0.6) is 5.75 Å². The lowest BCUT2D eigenvalue weighted by molar-refractivity contribution is -0.122. The maximum atomic E-state index is 12.0. The highest BCUT2D eigenvalue weighted by molar-refractivity contribution is 6.30. The van der Waals surface area contributed by atoms with Crippen molar-refractivity contribution in [1.82, 2.24) is 4.98 Å². The lowest BCUT2D eigenvalue weighted by Gasteiger charge is -2.15. The lowest BCUT2D eigenvalue weighted by atomic mass is 10.2. The molecular formula is C15H15ClN2O2. The zero-order chi connectivity index (χ0) is 14.5. The SMILES string of the molecule is Cc1cccnc1NC(=O)C(C)Oc1cccc(Cl)c1. The molecule has 1 unspecified atom stereocenters. The normalized spacial score (nSPS) is 11.8. The Hall–Kier alpha value is -2.07. The van der Waals surface area contributed by atoms with Crippen LogP contribution in [0.1, 0.15) is 12.5 Å². The van der Waals surface area contributed by atoms with Crippen LogP contribution in [0.15, 0.2) is 42.6 Å². The molecule has 0 aliphatic rings. The van der Waals surface area contributed by atoms with Gasteiger partial charge in [-0.2, -0.15) is 0 Å². The third-order valence-corrected chi connectivity index (χ3v) is 2.96. The third-order valence-electron chi connectivity index (χ3n) is 2.73. The molecule has 2 aromatic rings. The molecule has 1 atom stereocenters. The van der Waals surface area contributed by atoms with Crippen molar-refractivity contribution in [3.63, 3.8) is 0 Å². The molecule has 1 N–H and O–H groups in total. The highest BCUT2D eigenvalue weighted by atomic mass is 35.5. The van der Waals surface area contributed by atoms with Gasteiger partial charge in [0.05, 0.1) is 0 Å². The van der Waals surface area contributed by atoms with E-state index >= 15 is 0 Å². The van der Waals surface area contributed by atoms with Gasteiger partial charge in [-0.25, -0.2) is 4.98 Å². The number of halogens is 1. The number of anilines is 1. The van der Waals surface area contributed by atoms with Crippen molar-refractivity contribution in [3.05, 3.63) is 53.2 Å². The van der Waals surface area contributed by atoms with Crippen molar-refractivity contribution in [2.45, 2.75) is 20.0 Å². The van der Waals surface area contributed by atoms with Gasteiger partial charge in [-0.1, -0.05) is 23.7 Å². The molecule has 0 saturated heterocycles. The number of hydrogen-bond acceptors (Lipinski definition) is 3. The number of carbonyl (C=O) groups excluding carboxylic acids is 1. The first-order valence-corrected chi connectivity index (χ1v) is 6.59. The molecular weight excluding hydrogens is 276 g/mol. The van der Waals surface area contributed by atoms with Crippen LogP contribution in [-0.4, -0.2) is 17.0 Å². The molecule has 5 heteroatoms. The van der Waals surface area contributed by atoms with Gasteiger partial charge in [-0.15, -0.1) is 0 Å². The highest BCUT2D eigenvalue weighted by Gasteiger charge is 2.16. The summed E-state index contributed by atoms with van der Waals surface area (Å²) in [5.74, 6) is 0.837. The van der Waals surface area contributed by atoms with E-state index in [1.54, 1.807) is 37.4 Å². The Morgan fingerprint density at radius 1 is 1.35 bits per heavy atom. The first-order chi connectivity index (χ1) is 9.56. The van der Waals surface area contributed by atoms with Gasteiger partial charge in [-0.3, -0.25) is 4.79 Å². The number of rotatable bonds is 4. The Balaban J connectivity index is 2.01. The van der Waals surface area contributed by atoms with Crippen molar-refractivity contribution in [3.8, 4) is 5.75 Å². The molecule has 4 nitrogen and oxygen atoms in total. The molecule has 0 fully saturated rings. The number of nitrogens with one attached hydrogen (secondary N) is 1. The topological polar surface area (TPSA) is 51.2 Å². The number of aromatic nitrogens is 1. The second-order valence-electron chi connectivity index (χ2n) is 4.38. The standard InChI is InChI=1S/C15H15ClN2O2/c1-10-5-4-8-17-14(10)18-15(19)11(2)20-13-7-3-6-12(16)9-13/h3-9,11H,1-2H3,(H,17,18,19). The van der Waals surface area contributed by atoms with E-state index in [2.05, 4.69) is 10.3 Å². The third kappa shape index (κ3) is 3.71. The molecule has 104 valence electrons. The number of pyridine rings is 1. The van der Waals surface area contributed by atoms with Gasteiger partial charge in [0, 0.05) is 11.2 Å². The second kappa shape index (κ2) is 6.39. The van der Waals surface area contributed by atoms with Crippen LogP contribution >= 0.6 is 11.6 Å². The van der Waals surface area contributed by atoms with Crippen molar-refractivity contribution < 1.29 is 9.53 Å². The van der Waals surface area contributed by atoms with Crippen molar-refractivity contribution in [2.75, 3.05) is 5.32 Å². The number of carbonyl (C=O) groups is 1. The first kappa shape index (κ1) is 14.3. The molecule has 0 saturated carbocycles. The Bertz CT molecular complexity index is 616. The van der Waals surface area contributed by atoms with Crippen molar-refractivity contribution in [1.29, 1.82) is 0 Å². The van der Waals surface area contributed by atoms with Gasteiger partial charge in [-0.05, 0) is 43.7 Å².